The number of piperidine rings is 1. The van der Waals surface area contributed by atoms with E-state index >= 15 is 0 Å². The maximum atomic E-state index is 12.2. The number of pyridine rings is 1. The van der Waals surface area contributed by atoms with Crippen molar-refractivity contribution < 1.29 is 9.90 Å². The Hall–Kier alpha value is -2.41. The summed E-state index contributed by atoms with van der Waals surface area (Å²) in [5, 5.41) is 16.3. The summed E-state index contributed by atoms with van der Waals surface area (Å²) in [7, 11) is 0. The Morgan fingerprint density at radius 1 is 1.26 bits per heavy atom. The van der Waals surface area contributed by atoms with Gasteiger partial charge < -0.3 is 10.0 Å². The average Bonchev–Trinajstić information content (AvgIpc) is 3.02. The van der Waals surface area contributed by atoms with E-state index in [4.69, 9.17) is 5.11 Å². The molecule has 0 bridgehead atoms. The fourth-order valence-corrected chi connectivity index (χ4v) is 2.70. The van der Waals surface area contributed by atoms with Gasteiger partial charge in [0, 0.05) is 44.4 Å². The molecule has 0 atom stereocenters. The van der Waals surface area contributed by atoms with Crippen molar-refractivity contribution in [3.8, 4) is 0 Å². The molecule has 1 saturated heterocycles. The first-order valence-electron chi connectivity index (χ1n) is 7.84. The highest BCUT2D eigenvalue weighted by molar-refractivity contribution is 5.88. The molecular formula is C16H21N5O2. The maximum Gasteiger partial charge on any atom is 0.323 e. The quantitative estimate of drug-likeness (QED) is 0.897. The number of carbonyl (C=O) groups excluding carboxylic acids is 1. The van der Waals surface area contributed by atoms with E-state index in [2.05, 4.69) is 15.4 Å². The lowest BCUT2D eigenvalue weighted by molar-refractivity contribution is 0.143. The van der Waals surface area contributed by atoms with Gasteiger partial charge in [-0.05, 0) is 36.5 Å². The molecule has 7 heteroatoms. The molecule has 1 fully saturated rings. The summed E-state index contributed by atoms with van der Waals surface area (Å²) in [5.41, 5.74) is 1.10. The minimum atomic E-state index is -0.129. The predicted octanol–water partition coefficient (Wildman–Crippen LogP) is 1.56. The van der Waals surface area contributed by atoms with Crippen molar-refractivity contribution in [2.75, 3.05) is 25.0 Å². The van der Waals surface area contributed by atoms with Crippen LogP contribution >= 0.6 is 0 Å². The topological polar surface area (TPSA) is 83.3 Å². The normalized spacial score (nSPS) is 15.6. The van der Waals surface area contributed by atoms with Gasteiger partial charge in [-0.2, -0.15) is 5.10 Å². The average molecular weight is 315 g/mol. The molecule has 2 N–H and O–H groups in total. The molecular weight excluding hydrogens is 294 g/mol. The van der Waals surface area contributed by atoms with Crippen molar-refractivity contribution in [3.05, 3.63) is 42.4 Å². The van der Waals surface area contributed by atoms with Crippen LogP contribution < -0.4 is 5.32 Å². The van der Waals surface area contributed by atoms with Gasteiger partial charge in [0.1, 0.15) is 0 Å². The van der Waals surface area contributed by atoms with Crippen molar-refractivity contribution in [1.82, 2.24) is 19.7 Å². The molecule has 0 aromatic carbocycles. The second-order valence-electron chi connectivity index (χ2n) is 5.80. The van der Waals surface area contributed by atoms with E-state index < -0.39 is 0 Å². The van der Waals surface area contributed by atoms with Gasteiger partial charge in [0.15, 0.2) is 5.82 Å². The number of likely N-dealkylation sites (tertiary alicyclic amines) is 1. The number of nitrogens with one attached hydrogen (secondary N) is 1. The number of anilines is 1. The van der Waals surface area contributed by atoms with Crippen LogP contribution in [0.1, 0.15) is 18.4 Å². The molecule has 2 amide bonds. The molecule has 3 heterocycles. The Balaban J connectivity index is 1.53. The molecule has 0 unspecified atom stereocenters. The number of amides is 2. The number of aliphatic hydroxyl groups excluding tert-OH is 1. The first kappa shape index (κ1) is 15.5. The molecule has 0 spiro atoms. The van der Waals surface area contributed by atoms with Crippen LogP contribution in [-0.4, -0.2) is 50.5 Å². The molecule has 2 aromatic heterocycles. The highest BCUT2D eigenvalue weighted by Gasteiger charge is 2.22. The molecule has 7 nitrogen and oxygen atoms in total. The number of carbonyl (C=O) groups is 1. The molecule has 0 radical (unpaired) electrons. The number of aliphatic hydroxyl groups is 1. The molecule has 23 heavy (non-hydrogen) atoms. The largest absolute Gasteiger partial charge is 0.396 e. The van der Waals surface area contributed by atoms with Crippen LogP contribution in [0, 0.1) is 5.92 Å². The Morgan fingerprint density at radius 2 is 2.00 bits per heavy atom. The SMILES string of the molecule is O=C(Nc1ccn(Cc2ccncc2)n1)N1CCC(CO)CC1. The van der Waals surface area contributed by atoms with Crippen molar-refractivity contribution in [1.29, 1.82) is 0 Å². The van der Waals surface area contributed by atoms with Gasteiger partial charge in [-0.15, -0.1) is 0 Å². The van der Waals surface area contributed by atoms with Crippen LogP contribution in [0.15, 0.2) is 36.8 Å². The number of aromatic nitrogens is 3. The maximum absolute atomic E-state index is 12.2. The second kappa shape index (κ2) is 7.23. The lowest BCUT2D eigenvalue weighted by Crippen LogP contribution is -2.41. The zero-order chi connectivity index (χ0) is 16.1. The number of hydrogen-bond acceptors (Lipinski definition) is 4. The lowest BCUT2D eigenvalue weighted by Gasteiger charge is -2.30. The molecule has 122 valence electrons. The van der Waals surface area contributed by atoms with Crippen LogP contribution in [0.5, 0.6) is 0 Å². The zero-order valence-corrected chi connectivity index (χ0v) is 12.9. The Bertz CT molecular complexity index is 635. The minimum absolute atomic E-state index is 0.129. The molecule has 2 aromatic rings. The van der Waals surface area contributed by atoms with E-state index in [9.17, 15) is 4.79 Å². The standard InChI is InChI=1S/C16H21N5O2/c22-12-14-3-8-20(9-4-14)16(23)18-15-5-10-21(19-15)11-13-1-6-17-7-2-13/h1-2,5-7,10,14,22H,3-4,8-9,11-12H2,(H,18,19,23). The predicted molar refractivity (Wildman–Crippen MR) is 86.0 cm³/mol. The first-order valence-corrected chi connectivity index (χ1v) is 7.84. The highest BCUT2D eigenvalue weighted by atomic mass is 16.3. The third-order valence-electron chi connectivity index (χ3n) is 4.13. The van der Waals surface area contributed by atoms with E-state index in [1.807, 2.05) is 18.3 Å². The Labute approximate surface area is 134 Å². The summed E-state index contributed by atoms with van der Waals surface area (Å²) in [6.45, 7) is 2.19. The fourth-order valence-electron chi connectivity index (χ4n) is 2.70. The number of urea groups is 1. The summed E-state index contributed by atoms with van der Waals surface area (Å²) in [5.74, 6) is 0.868. The van der Waals surface area contributed by atoms with Gasteiger partial charge in [0.05, 0.1) is 6.54 Å². The summed E-state index contributed by atoms with van der Waals surface area (Å²) in [6, 6.07) is 5.53. The van der Waals surface area contributed by atoms with E-state index in [0.717, 1.165) is 18.4 Å². The van der Waals surface area contributed by atoms with Gasteiger partial charge in [-0.3, -0.25) is 15.0 Å². The van der Waals surface area contributed by atoms with Crippen LogP contribution in [0.25, 0.3) is 0 Å². The van der Waals surface area contributed by atoms with Gasteiger partial charge in [-0.25, -0.2) is 4.79 Å². The minimum Gasteiger partial charge on any atom is -0.396 e. The van der Waals surface area contributed by atoms with E-state index in [1.165, 1.54) is 0 Å². The van der Waals surface area contributed by atoms with Crippen LogP contribution in [0.4, 0.5) is 10.6 Å². The molecule has 1 aliphatic heterocycles. The third-order valence-corrected chi connectivity index (χ3v) is 4.13. The summed E-state index contributed by atoms with van der Waals surface area (Å²) < 4.78 is 1.78. The number of nitrogens with zero attached hydrogens (tertiary/aromatic N) is 4. The van der Waals surface area contributed by atoms with Gasteiger partial charge in [0.2, 0.25) is 0 Å². The van der Waals surface area contributed by atoms with Crippen molar-refractivity contribution in [2.24, 2.45) is 5.92 Å². The summed E-state index contributed by atoms with van der Waals surface area (Å²) in [6.07, 6.45) is 7.03. The van der Waals surface area contributed by atoms with E-state index in [0.29, 0.717) is 31.4 Å². The first-order chi connectivity index (χ1) is 11.2. The third kappa shape index (κ3) is 4.07. The van der Waals surface area contributed by atoms with Gasteiger partial charge in [0.25, 0.3) is 0 Å². The zero-order valence-electron chi connectivity index (χ0n) is 12.9. The lowest BCUT2D eigenvalue weighted by atomic mass is 9.98. The van der Waals surface area contributed by atoms with Gasteiger partial charge >= 0.3 is 6.03 Å². The van der Waals surface area contributed by atoms with E-state index in [1.54, 1.807) is 28.0 Å². The number of rotatable bonds is 4. The molecule has 0 aliphatic carbocycles. The molecule has 0 saturated carbocycles. The Morgan fingerprint density at radius 3 is 2.70 bits per heavy atom. The number of hydrogen-bond donors (Lipinski definition) is 2. The van der Waals surface area contributed by atoms with Crippen LogP contribution in [0.2, 0.25) is 0 Å². The van der Waals surface area contributed by atoms with Crippen molar-refractivity contribution in [3.63, 3.8) is 0 Å². The van der Waals surface area contributed by atoms with E-state index in [-0.39, 0.29) is 12.6 Å². The van der Waals surface area contributed by atoms with Gasteiger partial charge in [-0.1, -0.05) is 0 Å². The Kier molecular flexibility index (Phi) is 4.87. The van der Waals surface area contributed by atoms with Crippen molar-refractivity contribution in [2.45, 2.75) is 19.4 Å². The summed E-state index contributed by atoms with van der Waals surface area (Å²) in [4.78, 5) is 18.0. The fraction of sp³-hybridized carbons (Fsp3) is 0.438. The monoisotopic (exact) mass is 315 g/mol. The second-order valence-corrected chi connectivity index (χ2v) is 5.80. The van der Waals surface area contributed by atoms with Crippen LogP contribution in [0.3, 0.4) is 0 Å². The molecule has 3 rings (SSSR count). The summed E-state index contributed by atoms with van der Waals surface area (Å²) >= 11 is 0. The van der Waals surface area contributed by atoms with Crippen molar-refractivity contribution >= 4 is 11.8 Å². The van der Waals surface area contributed by atoms with Crippen LogP contribution in [-0.2, 0) is 6.54 Å². The molecule has 1 aliphatic rings. The highest BCUT2D eigenvalue weighted by Crippen LogP contribution is 2.17. The smallest absolute Gasteiger partial charge is 0.323 e.